The number of Topliss-reactive ketones (excluding diaryl/α,β-unsaturated/α-hetero) is 1. The van der Waals surface area contributed by atoms with Crippen molar-refractivity contribution in [1.29, 1.82) is 0 Å². The van der Waals surface area contributed by atoms with E-state index in [0.29, 0.717) is 17.3 Å². The van der Waals surface area contributed by atoms with E-state index in [2.05, 4.69) is 20.5 Å². The van der Waals surface area contributed by atoms with Crippen LogP contribution in [0.15, 0.2) is 45.7 Å². The van der Waals surface area contributed by atoms with Crippen molar-refractivity contribution in [2.75, 3.05) is 5.73 Å². The molecule has 2 aromatic heterocycles. The number of aromatic nitrogens is 4. The molecular formula is C23H30N6O5. The van der Waals surface area contributed by atoms with Gasteiger partial charge in [0, 0.05) is 11.0 Å². The zero-order valence-electron chi connectivity index (χ0n) is 19.8. The lowest BCUT2D eigenvalue weighted by molar-refractivity contribution is -0.122. The molecule has 3 aromatic rings. The largest absolute Gasteiger partial charge is 0.418 e. The van der Waals surface area contributed by atoms with Crippen molar-refractivity contribution < 1.29 is 19.5 Å². The fraction of sp³-hybridized carbons (Fsp3) is 0.391. The Morgan fingerprint density at radius 2 is 1.79 bits per heavy atom. The molecule has 5 N–H and O–H groups in total. The highest BCUT2D eigenvalue weighted by molar-refractivity contribution is 5.98. The number of ketones is 1. The van der Waals surface area contributed by atoms with E-state index in [-0.39, 0.29) is 29.5 Å². The molecule has 1 unspecified atom stereocenters. The molecule has 3 rings (SSSR count). The standard InChI is InChI=1S/C23H28N6O4.H2O/c1-13(2)17(18(31)20-27-28-22(33-20)23(3,4)5)26-16(30)12-29-19(14-9-7-6-8-10-14)25-11-15(24)21(29)32;/h6-11,13,17H,12,24H2,1-5H3,(H,26,30);1H2. The number of benzene rings is 1. The van der Waals surface area contributed by atoms with Gasteiger partial charge in [0.05, 0.1) is 12.2 Å². The van der Waals surface area contributed by atoms with Crippen molar-refractivity contribution in [3.63, 3.8) is 0 Å². The predicted octanol–water partition coefficient (Wildman–Crippen LogP) is 1.37. The number of carbonyl (C=O) groups is 2. The first kappa shape index (κ1) is 26.4. The molecule has 1 amide bonds. The number of rotatable bonds is 7. The third kappa shape index (κ3) is 5.73. The Labute approximate surface area is 196 Å². The normalized spacial score (nSPS) is 12.2. The monoisotopic (exact) mass is 470 g/mol. The maximum Gasteiger partial charge on any atom is 0.286 e. The molecule has 0 aliphatic rings. The number of hydrogen-bond donors (Lipinski definition) is 2. The minimum atomic E-state index is -0.921. The lowest BCUT2D eigenvalue weighted by Crippen LogP contribution is -2.46. The van der Waals surface area contributed by atoms with Gasteiger partial charge in [-0.3, -0.25) is 19.0 Å². The zero-order valence-corrected chi connectivity index (χ0v) is 19.8. The molecule has 34 heavy (non-hydrogen) atoms. The average Bonchev–Trinajstić information content (AvgIpc) is 3.26. The SMILES string of the molecule is CC(C)C(NC(=O)Cn1c(-c2ccccc2)ncc(N)c1=O)C(=O)c1nnc(C(C)(C)C)o1.O. The van der Waals surface area contributed by atoms with Crippen LogP contribution >= 0.6 is 0 Å². The molecule has 0 saturated heterocycles. The minimum Gasteiger partial charge on any atom is -0.418 e. The van der Waals surface area contributed by atoms with Crippen LogP contribution in [0.3, 0.4) is 0 Å². The highest BCUT2D eigenvalue weighted by Crippen LogP contribution is 2.21. The third-order valence-corrected chi connectivity index (χ3v) is 4.95. The third-order valence-electron chi connectivity index (χ3n) is 4.95. The lowest BCUT2D eigenvalue weighted by Gasteiger charge is -2.20. The molecule has 0 radical (unpaired) electrons. The Balaban J connectivity index is 0.00000408. The summed E-state index contributed by atoms with van der Waals surface area (Å²) >= 11 is 0. The van der Waals surface area contributed by atoms with E-state index in [0.717, 1.165) is 0 Å². The van der Waals surface area contributed by atoms with Gasteiger partial charge in [-0.05, 0) is 5.92 Å². The summed E-state index contributed by atoms with van der Waals surface area (Å²) < 4.78 is 6.73. The molecule has 182 valence electrons. The van der Waals surface area contributed by atoms with Gasteiger partial charge in [0.1, 0.15) is 18.1 Å². The van der Waals surface area contributed by atoms with Crippen molar-refractivity contribution in [1.82, 2.24) is 25.1 Å². The van der Waals surface area contributed by atoms with Gasteiger partial charge in [0.2, 0.25) is 17.6 Å². The van der Waals surface area contributed by atoms with Gasteiger partial charge in [0.15, 0.2) is 0 Å². The highest BCUT2D eigenvalue weighted by atomic mass is 16.4. The molecule has 0 spiro atoms. The quantitative estimate of drug-likeness (QED) is 0.486. The van der Waals surface area contributed by atoms with E-state index in [4.69, 9.17) is 10.2 Å². The number of amides is 1. The molecule has 0 fully saturated rings. The van der Waals surface area contributed by atoms with E-state index in [9.17, 15) is 14.4 Å². The van der Waals surface area contributed by atoms with Gasteiger partial charge in [-0.15, -0.1) is 10.2 Å². The second kappa shape index (κ2) is 10.4. The van der Waals surface area contributed by atoms with Gasteiger partial charge in [-0.2, -0.15) is 0 Å². The molecule has 0 bridgehead atoms. The summed E-state index contributed by atoms with van der Waals surface area (Å²) in [5, 5.41) is 10.5. The first-order valence-corrected chi connectivity index (χ1v) is 10.6. The van der Waals surface area contributed by atoms with Crippen LogP contribution in [0.25, 0.3) is 11.4 Å². The maximum atomic E-state index is 13.0. The number of carbonyl (C=O) groups excluding carboxylic acids is 2. The number of nitrogens with one attached hydrogen (secondary N) is 1. The smallest absolute Gasteiger partial charge is 0.286 e. The van der Waals surface area contributed by atoms with Gasteiger partial charge < -0.3 is 20.9 Å². The summed E-state index contributed by atoms with van der Waals surface area (Å²) in [6.45, 7) is 8.87. The molecule has 11 nitrogen and oxygen atoms in total. The Morgan fingerprint density at radius 3 is 2.35 bits per heavy atom. The molecule has 11 heteroatoms. The van der Waals surface area contributed by atoms with E-state index in [1.807, 2.05) is 26.8 Å². The van der Waals surface area contributed by atoms with E-state index < -0.39 is 28.7 Å². The molecule has 0 saturated carbocycles. The Hall–Kier alpha value is -3.86. The summed E-state index contributed by atoms with van der Waals surface area (Å²) in [6, 6.07) is 8.05. The summed E-state index contributed by atoms with van der Waals surface area (Å²) in [4.78, 5) is 42.9. The Kier molecular flexibility index (Phi) is 8.06. The van der Waals surface area contributed by atoms with Gasteiger partial charge in [-0.1, -0.05) is 65.0 Å². The van der Waals surface area contributed by atoms with Gasteiger partial charge in [-0.25, -0.2) is 4.98 Å². The van der Waals surface area contributed by atoms with Crippen LogP contribution < -0.4 is 16.6 Å². The van der Waals surface area contributed by atoms with E-state index >= 15 is 0 Å². The first-order valence-electron chi connectivity index (χ1n) is 10.6. The molecular weight excluding hydrogens is 440 g/mol. The number of nitrogen functional groups attached to an aromatic ring is 1. The Bertz CT molecular complexity index is 1210. The fourth-order valence-corrected chi connectivity index (χ4v) is 3.13. The van der Waals surface area contributed by atoms with Crippen LogP contribution in [0.5, 0.6) is 0 Å². The van der Waals surface area contributed by atoms with Crippen molar-refractivity contribution in [2.45, 2.75) is 52.6 Å². The number of nitrogens with two attached hydrogens (primary N) is 1. The van der Waals surface area contributed by atoms with Gasteiger partial charge in [0.25, 0.3) is 11.4 Å². The molecule has 0 aliphatic heterocycles. The Morgan fingerprint density at radius 1 is 1.15 bits per heavy atom. The fourth-order valence-electron chi connectivity index (χ4n) is 3.13. The van der Waals surface area contributed by atoms with Crippen LogP contribution in [0.2, 0.25) is 0 Å². The van der Waals surface area contributed by atoms with Crippen LogP contribution in [-0.4, -0.2) is 43.0 Å². The van der Waals surface area contributed by atoms with Crippen LogP contribution in [-0.2, 0) is 16.8 Å². The molecule has 2 heterocycles. The van der Waals surface area contributed by atoms with Crippen molar-refractivity contribution in [3.8, 4) is 11.4 Å². The van der Waals surface area contributed by atoms with E-state index in [1.54, 1.807) is 38.1 Å². The minimum absolute atomic E-state index is 0. The second-order valence-corrected chi connectivity index (χ2v) is 9.11. The summed E-state index contributed by atoms with van der Waals surface area (Å²) in [6.07, 6.45) is 1.27. The predicted molar refractivity (Wildman–Crippen MR) is 126 cm³/mol. The summed E-state index contributed by atoms with van der Waals surface area (Å²) in [7, 11) is 0. The molecule has 1 aromatic carbocycles. The second-order valence-electron chi connectivity index (χ2n) is 9.11. The molecule has 1 atom stereocenters. The summed E-state index contributed by atoms with van der Waals surface area (Å²) in [5.41, 5.74) is 5.35. The number of anilines is 1. The molecule has 0 aliphatic carbocycles. The van der Waals surface area contributed by atoms with Crippen LogP contribution in [0, 0.1) is 5.92 Å². The zero-order chi connectivity index (χ0) is 24.3. The number of hydrogen-bond acceptors (Lipinski definition) is 8. The van der Waals surface area contributed by atoms with Crippen molar-refractivity contribution >= 4 is 17.4 Å². The lowest BCUT2D eigenvalue weighted by atomic mass is 9.97. The summed E-state index contributed by atoms with van der Waals surface area (Å²) in [5.74, 6) is -0.872. The van der Waals surface area contributed by atoms with Gasteiger partial charge >= 0.3 is 0 Å². The average molecular weight is 471 g/mol. The van der Waals surface area contributed by atoms with E-state index in [1.165, 1.54) is 10.8 Å². The van der Waals surface area contributed by atoms with Crippen molar-refractivity contribution in [3.05, 3.63) is 58.7 Å². The van der Waals surface area contributed by atoms with Crippen molar-refractivity contribution in [2.24, 2.45) is 5.92 Å². The first-order chi connectivity index (χ1) is 15.5. The van der Waals surface area contributed by atoms with Crippen LogP contribution in [0.1, 0.15) is 51.2 Å². The van der Waals surface area contributed by atoms with Crippen LogP contribution in [0.4, 0.5) is 5.69 Å². The number of nitrogens with zero attached hydrogens (tertiary/aromatic N) is 4. The topological polar surface area (TPSA) is 178 Å². The maximum absolute atomic E-state index is 13.0. The highest BCUT2D eigenvalue weighted by Gasteiger charge is 2.31.